The van der Waals surface area contributed by atoms with Crippen molar-refractivity contribution >= 4 is 21.8 Å². The van der Waals surface area contributed by atoms with E-state index >= 15 is 0 Å². The number of amides is 1. The van der Waals surface area contributed by atoms with Crippen molar-refractivity contribution in [2.75, 3.05) is 39.3 Å². The molecule has 0 aliphatic carbocycles. The molecule has 5 heteroatoms. The van der Waals surface area contributed by atoms with E-state index in [1.54, 1.807) is 0 Å². The van der Waals surface area contributed by atoms with E-state index < -0.39 is 0 Å². The maximum atomic E-state index is 12.6. The number of hydrogen-bond donors (Lipinski definition) is 1. The van der Waals surface area contributed by atoms with Gasteiger partial charge >= 0.3 is 0 Å². The standard InChI is InChI=1S/C15H20BrN3O/c1-11-13(3-2-4-14(11)16)15(20)19-7-5-18(6-8-19)12-9-17-10-12/h2-4,12,17H,5-10H2,1H3. The highest BCUT2D eigenvalue weighted by atomic mass is 79.9. The average Bonchev–Trinajstić information content (AvgIpc) is 2.40. The van der Waals surface area contributed by atoms with Gasteiger partial charge in [-0.2, -0.15) is 0 Å². The normalized spacial score (nSPS) is 20.8. The molecule has 1 N–H and O–H groups in total. The van der Waals surface area contributed by atoms with E-state index in [2.05, 4.69) is 26.1 Å². The van der Waals surface area contributed by atoms with E-state index in [-0.39, 0.29) is 5.91 Å². The van der Waals surface area contributed by atoms with Crippen molar-refractivity contribution in [2.24, 2.45) is 0 Å². The first kappa shape index (κ1) is 14.0. The molecule has 2 aliphatic heterocycles. The van der Waals surface area contributed by atoms with Gasteiger partial charge < -0.3 is 10.2 Å². The summed E-state index contributed by atoms with van der Waals surface area (Å²) in [5.41, 5.74) is 1.85. The first-order valence-electron chi connectivity index (χ1n) is 7.16. The minimum Gasteiger partial charge on any atom is -0.336 e. The van der Waals surface area contributed by atoms with Crippen LogP contribution in [0, 0.1) is 6.92 Å². The lowest BCUT2D eigenvalue weighted by molar-refractivity contribution is 0.0501. The van der Waals surface area contributed by atoms with Gasteiger partial charge in [0.25, 0.3) is 5.91 Å². The monoisotopic (exact) mass is 337 g/mol. The van der Waals surface area contributed by atoms with Crippen LogP contribution in [0.25, 0.3) is 0 Å². The van der Waals surface area contributed by atoms with Gasteiger partial charge in [0.05, 0.1) is 0 Å². The van der Waals surface area contributed by atoms with E-state index in [9.17, 15) is 4.79 Å². The lowest BCUT2D eigenvalue weighted by Gasteiger charge is -2.43. The topological polar surface area (TPSA) is 35.6 Å². The van der Waals surface area contributed by atoms with E-state index in [0.717, 1.165) is 54.9 Å². The first-order chi connectivity index (χ1) is 9.66. The van der Waals surface area contributed by atoms with Gasteiger partial charge in [0.2, 0.25) is 0 Å². The molecule has 0 unspecified atom stereocenters. The van der Waals surface area contributed by atoms with Crippen molar-refractivity contribution < 1.29 is 4.79 Å². The van der Waals surface area contributed by atoms with Crippen molar-refractivity contribution in [3.63, 3.8) is 0 Å². The Morgan fingerprint density at radius 1 is 1.25 bits per heavy atom. The molecule has 0 radical (unpaired) electrons. The van der Waals surface area contributed by atoms with Crippen molar-refractivity contribution in [3.05, 3.63) is 33.8 Å². The molecule has 1 aromatic carbocycles. The fourth-order valence-corrected chi connectivity index (χ4v) is 3.20. The molecule has 0 bridgehead atoms. The first-order valence-corrected chi connectivity index (χ1v) is 7.95. The third-order valence-corrected chi connectivity index (χ3v) is 5.23. The molecule has 4 nitrogen and oxygen atoms in total. The second-order valence-electron chi connectivity index (χ2n) is 5.55. The molecule has 2 heterocycles. The molecule has 20 heavy (non-hydrogen) atoms. The van der Waals surface area contributed by atoms with Gasteiger partial charge in [0.15, 0.2) is 0 Å². The number of carbonyl (C=O) groups is 1. The van der Waals surface area contributed by atoms with Crippen LogP contribution in [0.4, 0.5) is 0 Å². The Labute approximate surface area is 128 Å². The van der Waals surface area contributed by atoms with E-state index in [4.69, 9.17) is 0 Å². The van der Waals surface area contributed by atoms with Gasteiger partial charge in [-0.3, -0.25) is 9.69 Å². The van der Waals surface area contributed by atoms with Gasteiger partial charge in [-0.15, -0.1) is 0 Å². The summed E-state index contributed by atoms with van der Waals surface area (Å²) in [5, 5.41) is 3.30. The fraction of sp³-hybridized carbons (Fsp3) is 0.533. The van der Waals surface area contributed by atoms with Crippen molar-refractivity contribution in [2.45, 2.75) is 13.0 Å². The summed E-state index contributed by atoms with van der Waals surface area (Å²) in [5.74, 6) is 0.162. The minimum absolute atomic E-state index is 0.162. The Kier molecular flexibility index (Phi) is 4.10. The predicted molar refractivity (Wildman–Crippen MR) is 83.0 cm³/mol. The van der Waals surface area contributed by atoms with E-state index in [1.807, 2.05) is 30.0 Å². The van der Waals surface area contributed by atoms with E-state index in [0.29, 0.717) is 6.04 Å². The van der Waals surface area contributed by atoms with Crippen LogP contribution < -0.4 is 5.32 Å². The largest absolute Gasteiger partial charge is 0.336 e. The highest BCUT2D eigenvalue weighted by Gasteiger charge is 2.29. The van der Waals surface area contributed by atoms with Gasteiger partial charge in [-0.25, -0.2) is 0 Å². The summed E-state index contributed by atoms with van der Waals surface area (Å²) >= 11 is 3.50. The van der Waals surface area contributed by atoms with Gasteiger partial charge in [0.1, 0.15) is 0 Å². The highest BCUT2D eigenvalue weighted by molar-refractivity contribution is 9.10. The molecule has 108 valence electrons. The molecule has 0 aromatic heterocycles. The number of halogens is 1. The Bertz CT molecular complexity index is 508. The SMILES string of the molecule is Cc1c(Br)cccc1C(=O)N1CCN(C2CNC2)CC1. The van der Waals surface area contributed by atoms with Gasteiger partial charge in [0, 0.05) is 55.3 Å². The second-order valence-corrected chi connectivity index (χ2v) is 6.41. The van der Waals surface area contributed by atoms with Crippen molar-refractivity contribution in [1.82, 2.24) is 15.1 Å². The molecule has 1 amide bonds. The number of piperazine rings is 1. The summed E-state index contributed by atoms with van der Waals surface area (Å²) in [7, 11) is 0. The Balaban J connectivity index is 1.65. The van der Waals surface area contributed by atoms with E-state index in [1.165, 1.54) is 0 Å². The van der Waals surface area contributed by atoms with Crippen LogP contribution in [0.5, 0.6) is 0 Å². The van der Waals surface area contributed by atoms with Crippen LogP contribution in [0.3, 0.4) is 0 Å². The van der Waals surface area contributed by atoms with Gasteiger partial charge in [-0.05, 0) is 24.6 Å². The third-order valence-electron chi connectivity index (χ3n) is 4.38. The molecular weight excluding hydrogens is 318 g/mol. The maximum Gasteiger partial charge on any atom is 0.254 e. The smallest absolute Gasteiger partial charge is 0.254 e. The quantitative estimate of drug-likeness (QED) is 0.888. The fourth-order valence-electron chi connectivity index (χ4n) is 2.83. The lowest BCUT2D eigenvalue weighted by atomic mass is 10.1. The summed E-state index contributed by atoms with van der Waals surface area (Å²) in [6.45, 7) is 7.84. The third kappa shape index (κ3) is 2.62. The summed E-state index contributed by atoms with van der Waals surface area (Å²) < 4.78 is 1.00. The average molecular weight is 338 g/mol. The van der Waals surface area contributed by atoms with Crippen LogP contribution in [0.1, 0.15) is 15.9 Å². The predicted octanol–water partition coefficient (Wildman–Crippen LogP) is 1.49. The van der Waals surface area contributed by atoms with Gasteiger partial charge in [-0.1, -0.05) is 22.0 Å². The molecule has 3 rings (SSSR count). The van der Waals surface area contributed by atoms with Crippen LogP contribution in [-0.4, -0.2) is 61.0 Å². The van der Waals surface area contributed by atoms with Crippen LogP contribution in [0.15, 0.2) is 22.7 Å². The van der Waals surface area contributed by atoms with Crippen LogP contribution >= 0.6 is 15.9 Å². The number of hydrogen-bond acceptors (Lipinski definition) is 3. The number of benzene rings is 1. The molecule has 2 fully saturated rings. The highest BCUT2D eigenvalue weighted by Crippen LogP contribution is 2.21. The molecule has 0 spiro atoms. The number of rotatable bonds is 2. The zero-order chi connectivity index (χ0) is 14.1. The van der Waals surface area contributed by atoms with Crippen LogP contribution in [0.2, 0.25) is 0 Å². The molecule has 2 aliphatic rings. The Morgan fingerprint density at radius 2 is 1.95 bits per heavy atom. The lowest BCUT2D eigenvalue weighted by Crippen LogP contribution is -2.62. The number of nitrogens with one attached hydrogen (secondary N) is 1. The molecule has 0 saturated carbocycles. The zero-order valence-corrected chi connectivity index (χ0v) is 13.3. The minimum atomic E-state index is 0.162. The Hall–Kier alpha value is -0.910. The molecule has 1 aromatic rings. The number of carbonyl (C=O) groups excluding carboxylic acids is 1. The summed E-state index contributed by atoms with van der Waals surface area (Å²) in [6, 6.07) is 6.51. The summed E-state index contributed by atoms with van der Waals surface area (Å²) in [6.07, 6.45) is 0. The van der Waals surface area contributed by atoms with Crippen molar-refractivity contribution in [1.29, 1.82) is 0 Å². The van der Waals surface area contributed by atoms with Crippen molar-refractivity contribution in [3.8, 4) is 0 Å². The van der Waals surface area contributed by atoms with Crippen LogP contribution in [-0.2, 0) is 0 Å². The number of nitrogens with zero attached hydrogens (tertiary/aromatic N) is 2. The molecular formula is C15H20BrN3O. The second kappa shape index (κ2) is 5.84. The molecule has 0 atom stereocenters. The summed E-state index contributed by atoms with van der Waals surface area (Å²) in [4.78, 5) is 17.1. The molecule has 2 saturated heterocycles. The Morgan fingerprint density at radius 3 is 2.55 bits per heavy atom. The maximum absolute atomic E-state index is 12.6. The zero-order valence-electron chi connectivity index (χ0n) is 11.7.